The third kappa shape index (κ3) is 60.5. The molecule has 9 amide bonds. The zero-order valence-corrected chi connectivity index (χ0v) is 54.5. The zero-order valence-electron chi connectivity index (χ0n) is 48.6. The van der Waals surface area contributed by atoms with Crippen LogP contribution in [0.2, 0.25) is 0 Å². The van der Waals surface area contributed by atoms with Crippen molar-refractivity contribution in [2.45, 2.75) is 174 Å². The number of primary amides is 1. The number of nitrogens with two attached hydrogens (primary N) is 1. The van der Waals surface area contributed by atoms with E-state index in [2.05, 4.69) is 31.9 Å². The molecule has 0 spiro atoms. The maximum absolute atomic E-state index is 12.5. The molecular weight excluding hydrogens is 1390 g/mol. The van der Waals surface area contributed by atoms with Crippen LogP contribution >= 0.6 is 0 Å². The topological polar surface area (TPSA) is 357 Å². The Morgan fingerprint density at radius 1 is 0.383 bits per heavy atom. The third-order valence-electron chi connectivity index (χ3n) is 12.1. The number of nitrogens with one attached hydrogen (secondary N) is 8. The van der Waals surface area contributed by atoms with Gasteiger partial charge in [0.1, 0.15) is 5.78 Å². The first-order valence-corrected chi connectivity index (χ1v) is 28.1. The van der Waals surface area contributed by atoms with Gasteiger partial charge in [0.05, 0.1) is 51.5 Å². The number of rotatable bonds is 53. The summed E-state index contributed by atoms with van der Waals surface area (Å²) >= 11 is 0. The minimum absolute atomic E-state index is 0. The van der Waals surface area contributed by atoms with E-state index in [-0.39, 0.29) is 129 Å². The zero-order chi connectivity index (χ0) is 58.5. The molecule has 0 bridgehead atoms. The van der Waals surface area contributed by atoms with E-state index in [9.17, 15) is 47.9 Å². The molecule has 0 unspecified atom stereocenters. The van der Waals surface area contributed by atoms with Gasteiger partial charge in [-0.3, -0.25) is 43.3 Å². The second-order valence-corrected chi connectivity index (χ2v) is 19.5. The largest absolute Gasteiger partial charge is 0.668 e. The van der Waals surface area contributed by atoms with Crippen molar-refractivity contribution in [3.63, 3.8) is 0 Å². The van der Waals surface area contributed by atoms with Gasteiger partial charge in [0.15, 0.2) is 0 Å². The van der Waals surface area contributed by atoms with Gasteiger partial charge in [-0.2, -0.15) is 0 Å². The average Bonchev–Trinajstić information content (AvgIpc) is 3.40. The van der Waals surface area contributed by atoms with Crippen LogP contribution in [0.5, 0.6) is 0 Å². The number of unbranched alkanes of at least 4 members (excludes halogenated alkanes) is 11. The second-order valence-electron chi connectivity index (χ2n) is 19.5. The maximum atomic E-state index is 12.5. The molecule has 0 fully saturated rings. The molecule has 472 valence electrons. The molecule has 0 atom stereocenters. The molecule has 24 nitrogen and oxygen atoms in total. The smallest absolute Gasteiger partial charge is 0.234 e. The van der Waals surface area contributed by atoms with E-state index < -0.39 is 17.2 Å². The number of ketones is 1. The number of hydrogen-bond donors (Lipinski definition) is 7. The Balaban J connectivity index is -0.000000458. The van der Waals surface area contributed by atoms with Crippen LogP contribution in [0.1, 0.15) is 174 Å². The predicted octanol–water partition coefficient (Wildman–Crippen LogP) is 4.53. The SMILES string of the molecule is C.CNC(=O)CCCCCNC(=O)CN(CC(=O)CCCCCCC([NH-])=O)CC(=O)NCCCCCC(=O)NC.CNC(=O)CCCCOCC(COCCCCC([NH-])=O)(COCCCCC(N)=O)COCCCCC(=O)NC.[W].[W]. The molecule has 26 heteroatoms. The van der Waals surface area contributed by atoms with Crippen LogP contribution in [-0.4, -0.2) is 178 Å². The van der Waals surface area contributed by atoms with Gasteiger partial charge >= 0.3 is 0 Å². The standard InChI is InChI=1S/C27H50N6O6.C27H52N4O8.CH4.2W/c1-29-24(36)15-9-5-11-17-31-26(38)20-33(19-22(34)13-7-3-4-8-14-23(28)35)21-27(39)32-18-12-6-10-16-25(37)30-2;1-30-25(34)13-5-9-17-38-21-27(19-36-15-7-3-11-23(28)32,20-37-16-8-4-12-24(29)33)22-39-18-10-6-14-26(35)31-2;;;/h3-21H2,1-2H3,(H6,28,29,30,31,32,35,36,37,38,39);3-22H2,1-2H3,(H6,28,29,30,31,32,33,34,35);1H4;;/p-2. The summed E-state index contributed by atoms with van der Waals surface area (Å²) in [5.74, 6) is -2.11. The van der Waals surface area contributed by atoms with Crippen molar-refractivity contribution in [1.82, 2.24) is 36.8 Å². The van der Waals surface area contributed by atoms with E-state index in [1.807, 2.05) is 0 Å². The molecule has 0 aliphatic carbocycles. The summed E-state index contributed by atoms with van der Waals surface area (Å²) in [7, 11) is 6.42. The molecule has 0 radical (unpaired) electrons. The average molecular weight is 1500 g/mol. The quantitative estimate of drug-likeness (QED) is 0.0412. The monoisotopic (exact) mass is 1500 g/mol. The van der Waals surface area contributed by atoms with Crippen LogP contribution in [0.4, 0.5) is 0 Å². The van der Waals surface area contributed by atoms with Gasteiger partial charge < -0.3 is 77.6 Å². The molecule has 0 heterocycles. The van der Waals surface area contributed by atoms with Crippen molar-refractivity contribution in [1.29, 1.82) is 0 Å². The second kappa shape index (κ2) is 60.7. The van der Waals surface area contributed by atoms with Crippen LogP contribution in [0.3, 0.4) is 0 Å². The molecule has 0 saturated heterocycles. The maximum Gasteiger partial charge on any atom is 0.234 e. The number of ether oxygens (including phenoxy) is 4. The van der Waals surface area contributed by atoms with Gasteiger partial charge in [-0.05, 0) is 103 Å². The first kappa shape index (κ1) is 85.9. The van der Waals surface area contributed by atoms with Crippen LogP contribution in [0, 0.1) is 5.41 Å². The molecule has 0 aromatic carbocycles. The number of nitrogens with zero attached hydrogens (tertiary/aromatic N) is 1. The van der Waals surface area contributed by atoms with Crippen LogP contribution < -0.4 is 37.6 Å². The Kier molecular flexibility index (Phi) is 64.3. The summed E-state index contributed by atoms with van der Waals surface area (Å²) in [5, 5.41) is 16.0. The molecule has 0 rings (SSSR count). The number of carbonyl (C=O) groups is 10. The molecule has 0 aliphatic rings. The van der Waals surface area contributed by atoms with E-state index in [0.717, 1.165) is 77.0 Å². The third-order valence-corrected chi connectivity index (χ3v) is 12.1. The van der Waals surface area contributed by atoms with Gasteiger partial charge in [0.2, 0.25) is 41.4 Å². The molecule has 0 aromatic rings. The number of hydrogen-bond acceptors (Lipinski definition) is 15. The van der Waals surface area contributed by atoms with E-state index >= 15 is 0 Å². The predicted molar refractivity (Wildman–Crippen MR) is 304 cm³/mol. The van der Waals surface area contributed by atoms with Crippen LogP contribution in [0.25, 0.3) is 11.5 Å². The fourth-order valence-corrected chi connectivity index (χ4v) is 7.48. The Hall–Kier alpha value is -3.92. The summed E-state index contributed by atoms with van der Waals surface area (Å²) < 4.78 is 23.9. The van der Waals surface area contributed by atoms with Crippen molar-refractivity contribution >= 4 is 58.9 Å². The first-order chi connectivity index (χ1) is 37.4. The van der Waals surface area contributed by atoms with Gasteiger partial charge in [0.25, 0.3) is 0 Å². The summed E-state index contributed by atoms with van der Waals surface area (Å²) in [4.78, 5) is 117. The molecular formula is C55H104N10O14W2-2. The number of amides is 9. The van der Waals surface area contributed by atoms with Gasteiger partial charge in [-0.25, -0.2) is 0 Å². The van der Waals surface area contributed by atoms with Gasteiger partial charge in [-0.1, -0.05) is 33.1 Å². The Bertz CT molecular complexity index is 1590. The minimum atomic E-state index is -0.587. The number of Topliss-reactive ketones (excluding diaryl/α,β-unsaturated/α-hetero) is 1. The number of carbonyl (C=O) groups excluding carboxylic acids is 10. The van der Waals surface area contributed by atoms with Crippen LogP contribution in [-0.2, 0) is 109 Å². The van der Waals surface area contributed by atoms with E-state index in [0.29, 0.717) is 143 Å². The van der Waals surface area contributed by atoms with Gasteiger partial charge in [-0.15, -0.1) is 0 Å². The van der Waals surface area contributed by atoms with Crippen molar-refractivity contribution in [3.05, 3.63) is 11.5 Å². The van der Waals surface area contributed by atoms with E-state index in [1.54, 1.807) is 33.1 Å². The van der Waals surface area contributed by atoms with Crippen LogP contribution in [0.15, 0.2) is 0 Å². The fraction of sp³-hybridized carbons (Fsp3) is 0.818. The first-order valence-electron chi connectivity index (χ1n) is 28.1. The Morgan fingerprint density at radius 2 is 0.667 bits per heavy atom. The van der Waals surface area contributed by atoms with Crippen molar-refractivity contribution < 1.29 is 109 Å². The molecule has 0 saturated carbocycles. The fourth-order valence-electron chi connectivity index (χ4n) is 7.48. The van der Waals surface area contributed by atoms with Crippen molar-refractivity contribution in [2.24, 2.45) is 11.1 Å². The van der Waals surface area contributed by atoms with Crippen molar-refractivity contribution in [3.8, 4) is 0 Å². The summed E-state index contributed by atoms with van der Waals surface area (Å²) in [5.41, 5.74) is 18.6. The molecule has 0 aliphatic heterocycles. The Labute approximate surface area is 512 Å². The van der Waals surface area contributed by atoms with E-state index in [4.69, 9.17) is 36.1 Å². The van der Waals surface area contributed by atoms with Gasteiger partial charge in [0, 0.05) is 160 Å². The Morgan fingerprint density at radius 3 is 0.988 bits per heavy atom. The molecule has 81 heavy (non-hydrogen) atoms. The normalized spacial score (nSPS) is 10.6. The minimum Gasteiger partial charge on any atom is -0.668 e. The molecule has 0 aromatic heterocycles. The van der Waals surface area contributed by atoms with Crippen molar-refractivity contribution in [2.75, 3.05) is 114 Å². The molecule has 10 N–H and O–H groups in total. The summed E-state index contributed by atoms with van der Waals surface area (Å²) in [6.45, 7) is 3.92. The summed E-state index contributed by atoms with van der Waals surface area (Å²) in [6.07, 6.45) is 15.8. The summed E-state index contributed by atoms with van der Waals surface area (Å²) in [6, 6.07) is 0. The van der Waals surface area contributed by atoms with E-state index in [1.165, 1.54) is 0 Å².